The summed E-state index contributed by atoms with van der Waals surface area (Å²) in [5.41, 5.74) is 1.64. The summed E-state index contributed by atoms with van der Waals surface area (Å²) in [7, 11) is 3.72. The lowest BCUT2D eigenvalue weighted by atomic mass is 10.0. The third-order valence-corrected chi connectivity index (χ3v) is 3.45. The van der Waals surface area contributed by atoms with Crippen LogP contribution in [0.4, 0.5) is 0 Å². The Balaban J connectivity index is 2.15. The summed E-state index contributed by atoms with van der Waals surface area (Å²) in [5, 5.41) is 3.41. The van der Waals surface area contributed by atoms with Crippen LogP contribution < -0.4 is 14.8 Å². The van der Waals surface area contributed by atoms with E-state index in [4.69, 9.17) is 9.47 Å². The van der Waals surface area contributed by atoms with Gasteiger partial charge < -0.3 is 14.8 Å². The van der Waals surface area contributed by atoms with Crippen LogP contribution >= 0.6 is 0 Å². The van der Waals surface area contributed by atoms with Crippen LogP contribution in [0.5, 0.6) is 11.5 Å². The molecule has 94 valence electrons. The molecule has 0 saturated heterocycles. The van der Waals surface area contributed by atoms with E-state index in [0.29, 0.717) is 12.1 Å². The Hall–Kier alpha value is -1.22. The molecule has 17 heavy (non-hydrogen) atoms. The lowest BCUT2D eigenvalue weighted by molar-refractivity contribution is 0.310. The van der Waals surface area contributed by atoms with Gasteiger partial charge in [-0.2, -0.15) is 0 Å². The van der Waals surface area contributed by atoms with Crippen LogP contribution in [-0.2, 0) is 6.42 Å². The van der Waals surface area contributed by atoms with Gasteiger partial charge in [0.25, 0.3) is 0 Å². The average molecular weight is 235 g/mol. The van der Waals surface area contributed by atoms with Gasteiger partial charge in [0.15, 0.2) is 11.5 Å². The quantitative estimate of drug-likeness (QED) is 0.821. The zero-order valence-electron chi connectivity index (χ0n) is 10.9. The SMILES string of the molecule is CCOc1cc(CC2(NC)CC2)ccc1OC. The highest BCUT2D eigenvalue weighted by molar-refractivity contribution is 5.43. The predicted octanol–water partition coefficient (Wildman–Crippen LogP) is 2.39. The highest BCUT2D eigenvalue weighted by atomic mass is 16.5. The Morgan fingerprint density at radius 2 is 2.06 bits per heavy atom. The van der Waals surface area contributed by atoms with E-state index in [0.717, 1.165) is 17.9 Å². The molecular formula is C14H21NO2. The molecule has 0 unspecified atom stereocenters. The van der Waals surface area contributed by atoms with Crippen LogP contribution in [0.1, 0.15) is 25.3 Å². The monoisotopic (exact) mass is 235 g/mol. The number of hydrogen-bond donors (Lipinski definition) is 1. The van der Waals surface area contributed by atoms with Crippen LogP contribution in [-0.4, -0.2) is 26.3 Å². The second-order valence-electron chi connectivity index (χ2n) is 4.63. The van der Waals surface area contributed by atoms with E-state index >= 15 is 0 Å². The van der Waals surface area contributed by atoms with Crippen LogP contribution in [0.15, 0.2) is 18.2 Å². The van der Waals surface area contributed by atoms with E-state index in [-0.39, 0.29) is 0 Å². The van der Waals surface area contributed by atoms with Crippen molar-refractivity contribution in [2.75, 3.05) is 20.8 Å². The van der Waals surface area contributed by atoms with Gasteiger partial charge in [0, 0.05) is 5.54 Å². The van der Waals surface area contributed by atoms with Crippen molar-refractivity contribution < 1.29 is 9.47 Å². The van der Waals surface area contributed by atoms with Crippen molar-refractivity contribution in [2.45, 2.75) is 31.7 Å². The first-order valence-electron chi connectivity index (χ1n) is 6.21. The Labute approximate surface area is 103 Å². The minimum atomic E-state index is 0.331. The summed E-state index contributed by atoms with van der Waals surface area (Å²) >= 11 is 0. The van der Waals surface area contributed by atoms with Crippen LogP contribution in [0, 0.1) is 0 Å². The molecule has 0 amide bonds. The summed E-state index contributed by atoms with van der Waals surface area (Å²) in [6, 6.07) is 6.21. The second-order valence-corrected chi connectivity index (χ2v) is 4.63. The molecule has 1 aliphatic carbocycles. The number of ether oxygens (including phenoxy) is 2. The van der Waals surface area contributed by atoms with E-state index in [9.17, 15) is 0 Å². The summed E-state index contributed by atoms with van der Waals surface area (Å²) in [5.74, 6) is 1.66. The molecule has 1 aromatic rings. The Morgan fingerprint density at radius 3 is 2.59 bits per heavy atom. The normalized spacial score (nSPS) is 16.6. The van der Waals surface area contributed by atoms with Gasteiger partial charge in [-0.25, -0.2) is 0 Å². The fourth-order valence-electron chi connectivity index (χ4n) is 2.16. The zero-order chi connectivity index (χ0) is 12.3. The summed E-state index contributed by atoms with van der Waals surface area (Å²) in [4.78, 5) is 0. The van der Waals surface area contributed by atoms with Crippen molar-refractivity contribution in [1.82, 2.24) is 5.32 Å². The minimum absolute atomic E-state index is 0.331. The molecular weight excluding hydrogens is 214 g/mol. The first-order valence-corrected chi connectivity index (χ1v) is 6.21. The Kier molecular flexibility index (Phi) is 3.57. The molecule has 1 N–H and O–H groups in total. The van der Waals surface area contributed by atoms with Crippen molar-refractivity contribution in [3.05, 3.63) is 23.8 Å². The van der Waals surface area contributed by atoms with Gasteiger partial charge in [0.2, 0.25) is 0 Å². The second kappa shape index (κ2) is 4.96. The van der Waals surface area contributed by atoms with E-state index in [1.54, 1.807) is 7.11 Å². The van der Waals surface area contributed by atoms with Gasteiger partial charge in [-0.3, -0.25) is 0 Å². The number of methoxy groups -OCH3 is 1. The number of likely N-dealkylation sites (N-methyl/N-ethyl adjacent to an activating group) is 1. The predicted molar refractivity (Wildman–Crippen MR) is 68.9 cm³/mol. The van der Waals surface area contributed by atoms with Gasteiger partial charge >= 0.3 is 0 Å². The fourth-order valence-corrected chi connectivity index (χ4v) is 2.16. The van der Waals surface area contributed by atoms with Gasteiger partial charge in [0.05, 0.1) is 13.7 Å². The molecule has 0 bridgehead atoms. The van der Waals surface area contributed by atoms with E-state index in [1.165, 1.54) is 18.4 Å². The third-order valence-electron chi connectivity index (χ3n) is 3.45. The smallest absolute Gasteiger partial charge is 0.161 e. The largest absolute Gasteiger partial charge is 0.493 e. The maximum atomic E-state index is 5.59. The van der Waals surface area contributed by atoms with Crippen LogP contribution in [0.3, 0.4) is 0 Å². The minimum Gasteiger partial charge on any atom is -0.493 e. The average Bonchev–Trinajstić information content (AvgIpc) is 3.10. The molecule has 1 aliphatic rings. The first kappa shape index (κ1) is 12.2. The van der Waals surface area contributed by atoms with E-state index in [2.05, 4.69) is 17.4 Å². The van der Waals surface area contributed by atoms with Crippen molar-refractivity contribution in [3.63, 3.8) is 0 Å². The molecule has 1 fully saturated rings. The molecule has 1 aromatic carbocycles. The van der Waals surface area contributed by atoms with Gasteiger partial charge in [-0.1, -0.05) is 6.07 Å². The topological polar surface area (TPSA) is 30.5 Å². The van der Waals surface area contributed by atoms with Gasteiger partial charge in [-0.05, 0) is 50.9 Å². The standard InChI is InChI=1S/C14H21NO2/c1-4-17-13-9-11(5-6-12(13)16-3)10-14(15-2)7-8-14/h5-6,9,15H,4,7-8,10H2,1-3H3. The molecule has 0 heterocycles. The van der Waals surface area contributed by atoms with Crippen LogP contribution in [0.25, 0.3) is 0 Å². The number of rotatable bonds is 6. The van der Waals surface area contributed by atoms with Crippen molar-refractivity contribution in [3.8, 4) is 11.5 Å². The van der Waals surface area contributed by atoms with E-state index < -0.39 is 0 Å². The van der Waals surface area contributed by atoms with Gasteiger partial charge in [0.1, 0.15) is 0 Å². The zero-order valence-corrected chi connectivity index (χ0v) is 10.9. The lowest BCUT2D eigenvalue weighted by Gasteiger charge is -2.16. The molecule has 3 heteroatoms. The van der Waals surface area contributed by atoms with Gasteiger partial charge in [-0.15, -0.1) is 0 Å². The Bertz CT molecular complexity index is 386. The van der Waals surface area contributed by atoms with Crippen LogP contribution in [0.2, 0.25) is 0 Å². The number of benzene rings is 1. The molecule has 3 nitrogen and oxygen atoms in total. The lowest BCUT2D eigenvalue weighted by Crippen LogP contribution is -2.29. The van der Waals surface area contributed by atoms with Crippen molar-refractivity contribution >= 4 is 0 Å². The molecule has 0 atom stereocenters. The summed E-state index contributed by atoms with van der Waals surface area (Å²) < 4.78 is 10.9. The van der Waals surface area contributed by atoms with Crippen molar-refractivity contribution in [2.24, 2.45) is 0 Å². The molecule has 0 aromatic heterocycles. The number of hydrogen-bond acceptors (Lipinski definition) is 3. The molecule has 0 radical (unpaired) electrons. The molecule has 1 saturated carbocycles. The molecule has 0 aliphatic heterocycles. The highest BCUT2D eigenvalue weighted by Gasteiger charge is 2.40. The summed E-state index contributed by atoms with van der Waals surface area (Å²) in [6.07, 6.45) is 3.59. The first-order chi connectivity index (χ1) is 8.23. The third kappa shape index (κ3) is 2.72. The highest BCUT2D eigenvalue weighted by Crippen LogP contribution is 2.39. The number of nitrogens with one attached hydrogen (secondary N) is 1. The maximum Gasteiger partial charge on any atom is 0.161 e. The molecule has 0 spiro atoms. The molecule has 2 rings (SSSR count). The van der Waals surface area contributed by atoms with E-state index in [1.807, 2.05) is 20.0 Å². The fraction of sp³-hybridized carbons (Fsp3) is 0.571. The maximum absolute atomic E-state index is 5.59. The van der Waals surface area contributed by atoms with Crippen molar-refractivity contribution in [1.29, 1.82) is 0 Å². The summed E-state index contributed by atoms with van der Waals surface area (Å²) in [6.45, 7) is 2.65. The Morgan fingerprint density at radius 1 is 1.29 bits per heavy atom.